The second kappa shape index (κ2) is 4.04. The first-order valence-electron chi connectivity index (χ1n) is 3.65. The van der Waals surface area contributed by atoms with E-state index >= 15 is 0 Å². The molecule has 0 heterocycles. The molecular weight excluding hydrogens is 172 g/mol. The molecule has 0 bridgehead atoms. The standard InChI is InChI=1S/C10H9ClO/c1-2-3-4-8-5-6-9(12)7-10(8)11/h1,5-7,12H,3-4H2. The lowest BCUT2D eigenvalue weighted by Crippen LogP contribution is -1.84. The van der Waals surface area contributed by atoms with Crippen LogP contribution in [0.3, 0.4) is 0 Å². The fourth-order valence-corrected chi connectivity index (χ4v) is 1.22. The Bertz CT molecular complexity index is 312. The molecule has 0 saturated carbocycles. The van der Waals surface area contributed by atoms with Crippen LogP contribution < -0.4 is 0 Å². The average molecular weight is 181 g/mol. The van der Waals surface area contributed by atoms with Crippen molar-refractivity contribution in [1.29, 1.82) is 0 Å². The average Bonchev–Trinajstić information content (AvgIpc) is 2.03. The number of phenols is 1. The lowest BCUT2D eigenvalue weighted by molar-refractivity contribution is 0.475. The predicted molar refractivity (Wildman–Crippen MR) is 50.3 cm³/mol. The van der Waals surface area contributed by atoms with E-state index in [1.165, 1.54) is 6.07 Å². The molecule has 0 amide bonds. The van der Waals surface area contributed by atoms with Crippen LogP contribution in [-0.4, -0.2) is 5.11 Å². The smallest absolute Gasteiger partial charge is 0.117 e. The van der Waals surface area contributed by atoms with Crippen molar-refractivity contribution in [1.82, 2.24) is 0 Å². The maximum Gasteiger partial charge on any atom is 0.117 e. The molecule has 12 heavy (non-hydrogen) atoms. The van der Waals surface area contributed by atoms with E-state index in [0.29, 0.717) is 11.4 Å². The van der Waals surface area contributed by atoms with Crippen LogP contribution in [0.2, 0.25) is 5.02 Å². The molecule has 0 aliphatic heterocycles. The molecule has 0 aromatic heterocycles. The normalized spacial score (nSPS) is 9.33. The monoisotopic (exact) mass is 180 g/mol. The molecule has 2 heteroatoms. The zero-order chi connectivity index (χ0) is 8.97. The zero-order valence-corrected chi connectivity index (χ0v) is 7.30. The van der Waals surface area contributed by atoms with E-state index in [1.807, 2.05) is 0 Å². The number of phenolic OH excluding ortho intramolecular Hbond substituents is 1. The minimum atomic E-state index is 0.185. The van der Waals surface area contributed by atoms with Crippen LogP contribution in [0.5, 0.6) is 5.75 Å². The largest absolute Gasteiger partial charge is 0.508 e. The minimum absolute atomic E-state index is 0.185. The van der Waals surface area contributed by atoms with Gasteiger partial charge in [0.05, 0.1) is 0 Å². The highest BCUT2D eigenvalue weighted by molar-refractivity contribution is 6.31. The summed E-state index contributed by atoms with van der Waals surface area (Å²) in [4.78, 5) is 0. The number of aromatic hydroxyl groups is 1. The van der Waals surface area contributed by atoms with Crippen molar-refractivity contribution in [2.45, 2.75) is 12.8 Å². The third-order valence-corrected chi connectivity index (χ3v) is 1.93. The number of aryl methyl sites for hydroxylation is 1. The third-order valence-electron chi connectivity index (χ3n) is 1.58. The molecule has 1 aromatic rings. The molecule has 0 aliphatic carbocycles. The van der Waals surface area contributed by atoms with E-state index in [9.17, 15) is 0 Å². The molecule has 1 aromatic carbocycles. The van der Waals surface area contributed by atoms with Gasteiger partial charge in [0.1, 0.15) is 5.75 Å². The van der Waals surface area contributed by atoms with Crippen molar-refractivity contribution in [3.05, 3.63) is 28.8 Å². The minimum Gasteiger partial charge on any atom is -0.508 e. The number of halogens is 1. The van der Waals surface area contributed by atoms with E-state index in [-0.39, 0.29) is 5.75 Å². The molecule has 0 atom stereocenters. The number of hydrogen-bond donors (Lipinski definition) is 1. The van der Waals surface area contributed by atoms with Crippen LogP contribution in [-0.2, 0) is 6.42 Å². The number of benzene rings is 1. The number of rotatable bonds is 2. The second-order valence-corrected chi connectivity index (χ2v) is 2.89. The number of terminal acetylenes is 1. The highest BCUT2D eigenvalue weighted by Crippen LogP contribution is 2.22. The van der Waals surface area contributed by atoms with Gasteiger partial charge in [0.2, 0.25) is 0 Å². The summed E-state index contributed by atoms with van der Waals surface area (Å²) in [5.41, 5.74) is 0.979. The molecule has 0 radical (unpaired) electrons. The van der Waals surface area contributed by atoms with Gasteiger partial charge in [-0.1, -0.05) is 17.7 Å². The molecule has 1 nitrogen and oxygen atoms in total. The maximum atomic E-state index is 9.04. The first-order valence-corrected chi connectivity index (χ1v) is 4.02. The Labute approximate surface area is 77.0 Å². The van der Waals surface area contributed by atoms with E-state index in [1.54, 1.807) is 12.1 Å². The van der Waals surface area contributed by atoms with Crippen LogP contribution in [0.4, 0.5) is 0 Å². The van der Waals surface area contributed by atoms with Gasteiger partial charge < -0.3 is 5.11 Å². The van der Waals surface area contributed by atoms with Crippen molar-refractivity contribution in [2.24, 2.45) is 0 Å². The SMILES string of the molecule is C#CCCc1ccc(O)cc1Cl. The molecule has 0 aliphatic rings. The number of hydrogen-bond acceptors (Lipinski definition) is 1. The van der Waals surface area contributed by atoms with Gasteiger partial charge in [-0.25, -0.2) is 0 Å². The molecular formula is C10H9ClO. The molecule has 1 N–H and O–H groups in total. The van der Waals surface area contributed by atoms with Crippen LogP contribution in [0.1, 0.15) is 12.0 Å². The first-order chi connectivity index (χ1) is 5.74. The Morgan fingerprint density at radius 2 is 2.25 bits per heavy atom. The summed E-state index contributed by atoms with van der Waals surface area (Å²) in [5.74, 6) is 2.72. The highest BCUT2D eigenvalue weighted by atomic mass is 35.5. The fourth-order valence-electron chi connectivity index (χ4n) is 0.946. The van der Waals surface area contributed by atoms with Gasteiger partial charge in [0.25, 0.3) is 0 Å². The molecule has 1 rings (SSSR count). The maximum absolute atomic E-state index is 9.04. The van der Waals surface area contributed by atoms with Crippen molar-refractivity contribution in [3.8, 4) is 18.1 Å². The molecule has 62 valence electrons. The quantitative estimate of drug-likeness (QED) is 0.694. The van der Waals surface area contributed by atoms with Crippen molar-refractivity contribution in [3.63, 3.8) is 0 Å². The molecule has 0 unspecified atom stereocenters. The Morgan fingerprint density at radius 1 is 1.50 bits per heavy atom. The van der Waals surface area contributed by atoms with Crippen molar-refractivity contribution in [2.75, 3.05) is 0 Å². The molecule has 0 fully saturated rings. The van der Waals surface area contributed by atoms with Gasteiger partial charge in [-0.05, 0) is 24.1 Å². The summed E-state index contributed by atoms with van der Waals surface area (Å²) in [6.07, 6.45) is 6.54. The molecule has 0 saturated heterocycles. The predicted octanol–water partition coefficient (Wildman–Crippen LogP) is 2.61. The summed E-state index contributed by atoms with van der Waals surface area (Å²) >= 11 is 5.84. The van der Waals surface area contributed by atoms with E-state index in [4.69, 9.17) is 23.1 Å². The Hall–Kier alpha value is -1.13. The van der Waals surface area contributed by atoms with Gasteiger partial charge in [-0.2, -0.15) is 0 Å². The van der Waals surface area contributed by atoms with Crippen molar-refractivity contribution < 1.29 is 5.11 Å². The van der Waals surface area contributed by atoms with E-state index < -0.39 is 0 Å². The second-order valence-electron chi connectivity index (χ2n) is 2.48. The Balaban J connectivity index is 2.81. The van der Waals surface area contributed by atoms with Gasteiger partial charge in [0, 0.05) is 11.4 Å². The van der Waals surface area contributed by atoms with Gasteiger partial charge in [-0.15, -0.1) is 12.3 Å². The summed E-state index contributed by atoms with van der Waals surface area (Å²) in [5, 5.41) is 9.61. The lowest BCUT2D eigenvalue weighted by Gasteiger charge is -2.01. The fraction of sp³-hybridized carbons (Fsp3) is 0.200. The summed E-state index contributed by atoms with van der Waals surface area (Å²) in [6.45, 7) is 0. The Kier molecular flexibility index (Phi) is 3.01. The summed E-state index contributed by atoms with van der Waals surface area (Å²) in [6, 6.07) is 4.92. The van der Waals surface area contributed by atoms with Gasteiger partial charge in [-0.3, -0.25) is 0 Å². The Morgan fingerprint density at radius 3 is 2.83 bits per heavy atom. The first kappa shape index (κ1) is 8.96. The van der Waals surface area contributed by atoms with Crippen LogP contribution in [0, 0.1) is 12.3 Å². The van der Waals surface area contributed by atoms with Crippen LogP contribution in [0.25, 0.3) is 0 Å². The van der Waals surface area contributed by atoms with Gasteiger partial charge >= 0.3 is 0 Å². The van der Waals surface area contributed by atoms with Gasteiger partial charge in [0.15, 0.2) is 0 Å². The third kappa shape index (κ3) is 2.18. The topological polar surface area (TPSA) is 20.2 Å². The highest BCUT2D eigenvalue weighted by Gasteiger charge is 1.99. The summed E-state index contributed by atoms with van der Waals surface area (Å²) < 4.78 is 0. The van der Waals surface area contributed by atoms with E-state index in [0.717, 1.165) is 12.0 Å². The molecule has 0 spiro atoms. The van der Waals surface area contributed by atoms with Crippen LogP contribution in [0.15, 0.2) is 18.2 Å². The van der Waals surface area contributed by atoms with Crippen molar-refractivity contribution >= 4 is 11.6 Å². The zero-order valence-electron chi connectivity index (χ0n) is 6.55. The van der Waals surface area contributed by atoms with Crippen LogP contribution >= 0.6 is 11.6 Å². The summed E-state index contributed by atoms with van der Waals surface area (Å²) in [7, 11) is 0. The van der Waals surface area contributed by atoms with E-state index in [2.05, 4.69) is 5.92 Å². The lowest BCUT2D eigenvalue weighted by atomic mass is 10.1.